The highest BCUT2D eigenvalue weighted by Gasteiger charge is 2.37. The van der Waals surface area contributed by atoms with Crippen molar-refractivity contribution in [3.63, 3.8) is 0 Å². The second kappa shape index (κ2) is 4.03. The Labute approximate surface area is 88.7 Å². The monoisotopic (exact) mass is 206 g/mol. The van der Waals surface area contributed by atoms with Crippen molar-refractivity contribution < 1.29 is 14.6 Å². The van der Waals surface area contributed by atoms with Crippen LogP contribution < -0.4 is 0 Å². The van der Waals surface area contributed by atoms with Crippen LogP contribution in [0.15, 0.2) is 30.3 Å². The Kier molecular flexibility index (Phi) is 2.73. The van der Waals surface area contributed by atoms with Crippen LogP contribution >= 0.6 is 0 Å². The minimum Gasteiger partial charge on any atom is -0.463 e. The first-order valence-corrected chi connectivity index (χ1v) is 5.10. The van der Waals surface area contributed by atoms with Crippen molar-refractivity contribution in [1.29, 1.82) is 0 Å². The zero-order chi connectivity index (χ0) is 10.8. The number of ether oxygens (including phenoxy) is 1. The fourth-order valence-electron chi connectivity index (χ4n) is 2.05. The normalized spacial score (nSPS) is 31.1. The van der Waals surface area contributed by atoms with Crippen LogP contribution in [-0.4, -0.2) is 23.8 Å². The van der Waals surface area contributed by atoms with Crippen molar-refractivity contribution in [2.45, 2.75) is 18.9 Å². The molecule has 3 atom stereocenters. The van der Waals surface area contributed by atoms with Gasteiger partial charge in [0.25, 0.3) is 0 Å². The molecule has 0 saturated carbocycles. The van der Waals surface area contributed by atoms with E-state index in [1.54, 1.807) is 0 Å². The predicted molar refractivity (Wildman–Crippen MR) is 55.3 cm³/mol. The molecular weight excluding hydrogens is 192 g/mol. The van der Waals surface area contributed by atoms with Gasteiger partial charge in [0.15, 0.2) is 6.10 Å². The third-order valence-corrected chi connectivity index (χ3v) is 2.87. The predicted octanol–water partition coefficient (Wildman–Crippen LogP) is 1.32. The van der Waals surface area contributed by atoms with E-state index >= 15 is 0 Å². The number of cyclic esters (lactones) is 1. The molecule has 0 bridgehead atoms. The molecule has 0 radical (unpaired) electrons. The Balaban J connectivity index is 2.29. The van der Waals surface area contributed by atoms with E-state index in [1.165, 1.54) is 0 Å². The summed E-state index contributed by atoms with van der Waals surface area (Å²) in [6, 6.07) is 9.61. The number of hydrogen-bond donors (Lipinski definition) is 1. The molecule has 80 valence electrons. The Morgan fingerprint density at radius 3 is 2.67 bits per heavy atom. The van der Waals surface area contributed by atoms with Gasteiger partial charge in [-0.1, -0.05) is 37.3 Å². The number of rotatable bonds is 1. The van der Waals surface area contributed by atoms with Crippen LogP contribution in [0.2, 0.25) is 0 Å². The molecule has 3 nitrogen and oxygen atoms in total. The lowest BCUT2D eigenvalue weighted by Gasteiger charge is -2.32. The fraction of sp³-hybridized carbons (Fsp3) is 0.417. The van der Waals surface area contributed by atoms with Gasteiger partial charge in [-0.05, 0) is 5.56 Å². The zero-order valence-corrected chi connectivity index (χ0v) is 8.59. The summed E-state index contributed by atoms with van der Waals surface area (Å²) >= 11 is 0. The highest BCUT2D eigenvalue weighted by molar-refractivity contribution is 5.76. The number of carbonyl (C=O) groups is 1. The molecular formula is C12H14O3. The Bertz CT molecular complexity index is 347. The molecule has 0 aromatic heterocycles. The quantitative estimate of drug-likeness (QED) is 0.705. The van der Waals surface area contributed by atoms with Gasteiger partial charge in [-0.15, -0.1) is 0 Å². The number of benzene rings is 1. The smallest absolute Gasteiger partial charge is 0.335 e. The molecule has 1 heterocycles. The van der Waals surface area contributed by atoms with E-state index in [9.17, 15) is 9.90 Å². The first kappa shape index (κ1) is 10.2. The van der Waals surface area contributed by atoms with Crippen molar-refractivity contribution >= 4 is 5.97 Å². The van der Waals surface area contributed by atoms with Gasteiger partial charge >= 0.3 is 5.97 Å². The second-order valence-electron chi connectivity index (χ2n) is 3.99. The Morgan fingerprint density at radius 1 is 1.33 bits per heavy atom. The summed E-state index contributed by atoms with van der Waals surface area (Å²) in [5.74, 6) is -0.505. The van der Waals surface area contributed by atoms with Gasteiger partial charge in [-0.2, -0.15) is 0 Å². The van der Waals surface area contributed by atoms with E-state index in [1.807, 2.05) is 37.3 Å². The molecule has 1 aromatic carbocycles. The Hall–Kier alpha value is -1.35. The lowest BCUT2D eigenvalue weighted by molar-refractivity contribution is -0.164. The number of esters is 1. The van der Waals surface area contributed by atoms with E-state index in [4.69, 9.17) is 4.74 Å². The average Bonchev–Trinajstić information content (AvgIpc) is 2.26. The summed E-state index contributed by atoms with van der Waals surface area (Å²) in [5.41, 5.74) is 0.995. The first-order chi connectivity index (χ1) is 7.20. The molecule has 1 aliphatic heterocycles. The third-order valence-electron chi connectivity index (χ3n) is 2.87. The molecule has 0 aliphatic carbocycles. The molecule has 1 aliphatic rings. The van der Waals surface area contributed by atoms with Crippen molar-refractivity contribution in [3.05, 3.63) is 35.9 Å². The molecule has 1 N–H and O–H groups in total. The molecule has 1 saturated heterocycles. The van der Waals surface area contributed by atoms with Crippen LogP contribution in [-0.2, 0) is 9.53 Å². The minimum atomic E-state index is -1.03. The number of aliphatic hydroxyl groups excluding tert-OH is 1. The highest BCUT2D eigenvalue weighted by Crippen LogP contribution is 2.32. The topological polar surface area (TPSA) is 46.5 Å². The summed E-state index contributed by atoms with van der Waals surface area (Å²) in [6.07, 6.45) is -1.03. The SMILES string of the molecule is C[C@H]1COC(=O)[C@@H](O)[C@H]1c1ccccc1. The average molecular weight is 206 g/mol. The Morgan fingerprint density at radius 2 is 2.00 bits per heavy atom. The lowest BCUT2D eigenvalue weighted by Crippen LogP contribution is -2.40. The van der Waals surface area contributed by atoms with Gasteiger partial charge in [-0.3, -0.25) is 0 Å². The van der Waals surface area contributed by atoms with Gasteiger partial charge < -0.3 is 9.84 Å². The molecule has 1 aromatic rings. The summed E-state index contributed by atoms with van der Waals surface area (Å²) in [6.45, 7) is 2.36. The fourth-order valence-corrected chi connectivity index (χ4v) is 2.05. The van der Waals surface area contributed by atoms with Crippen LogP contribution in [0.1, 0.15) is 18.4 Å². The van der Waals surface area contributed by atoms with E-state index < -0.39 is 12.1 Å². The van der Waals surface area contributed by atoms with E-state index in [0.717, 1.165) is 5.56 Å². The van der Waals surface area contributed by atoms with Gasteiger partial charge in [0.05, 0.1) is 6.61 Å². The minimum absolute atomic E-state index is 0.146. The number of aliphatic hydroxyl groups is 1. The standard InChI is InChI=1S/C12H14O3/c1-8-7-15-12(14)11(13)10(8)9-5-3-2-4-6-9/h2-6,8,10-11,13H,7H2,1H3/t8-,10+,11-/m0/s1. The largest absolute Gasteiger partial charge is 0.463 e. The van der Waals surface area contributed by atoms with Gasteiger partial charge in [0, 0.05) is 11.8 Å². The van der Waals surface area contributed by atoms with Crippen molar-refractivity contribution in [2.24, 2.45) is 5.92 Å². The van der Waals surface area contributed by atoms with Crippen molar-refractivity contribution in [3.8, 4) is 0 Å². The lowest BCUT2D eigenvalue weighted by atomic mass is 9.82. The van der Waals surface area contributed by atoms with E-state index in [2.05, 4.69) is 0 Å². The van der Waals surface area contributed by atoms with Gasteiger partial charge in [0.1, 0.15) is 0 Å². The summed E-state index contributed by atoms with van der Waals surface area (Å²) in [5, 5.41) is 9.79. The maximum Gasteiger partial charge on any atom is 0.335 e. The molecule has 0 spiro atoms. The molecule has 15 heavy (non-hydrogen) atoms. The molecule has 3 heteroatoms. The maximum absolute atomic E-state index is 11.3. The summed E-state index contributed by atoms with van der Waals surface area (Å²) in [7, 11) is 0. The van der Waals surface area contributed by atoms with Crippen LogP contribution in [0, 0.1) is 5.92 Å². The molecule has 1 fully saturated rings. The van der Waals surface area contributed by atoms with Crippen LogP contribution in [0.25, 0.3) is 0 Å². The zero-order valence-electron chi connectivity index (χ0n) is 8.59. The van der Waals surface area contributed by atoms with Gasteiger partial charge in [0.2, 0.25) is 0 Å². The molecule has 0 amide bonds. The number of carbonyl (C=O) groups excluding carboxylic acids is 1. The first-order valence-electron chi connectivity index (χ1n) is 5.10. The molecule has 2 rings (SSSR count). The van der Waals surface area contributed by atoms with Crippen molar-refractivity contribution in [2.75, 3.05) is 6.61 Å². The highest BCUT2D eigenvalue weighted by atomic mass is 16.5. The number of hydrogen-bond acceptors (Lipinski definition) is 3. The van der Waals surface area contributed by atoms with E-state index in [0.29, 0.717) is 6.61 Å². The van der Waals surface area contributed by atoms with E-state index in [-0.39, 0.29) is 11.8 Å². The summed E-state index contributed by atoms with van der Waals surface area (Å²) in [4.78, 5) is 11.3. The summed E-state index contributed by atoms with van der Waals surface area (Å²) < 4.78 is 4.87. The van der Waals surface area contributed by atoms with Crippen LogP contribution in [0.5, 0.6) is 0 Å². The maximum atomic E-state index is 11.3. The van der Waals surface area contributed by atoms with Crippen LogP contribution in [0.4, 0.5) is 0 Å². The second-order valence-corrected chi connectivity index (χ2v) is 3.99. The van der Waals surface area contributed by atoms with Gasteiger partial charge in [-0.25, -0.2) is 4.79 Å². The van der Waals surface area contributed by atoms with Crippen LogP contribution in [0.3, 0.4) is 0 Å². The van der Waals surface area contributed by atoms with Crippen molar-refractivity contribution in [1.82, 2.24) is 0 Å². The molecule has 0 unspecified atom stereocenters. The third kappa shape index (κ3) is 1.88.